The van der Waals surface area contributed by atoms with Gasteiger partial charge in [0.2, 0.25) is 0 Å². The number of urea groups is 1. The molecule has 2 unspecified atom stereocenters. The van der Waals surface area contributed by atoms with Crippen molar-refractivity contribution in [3.8, 4) is 0 Å². The summed E-state index contributed by atoms with van der Waals surface area (Å²) in [6, 6.07) is 9.81. The molecule has 1 aliphatic heterocycles. The summed E-state index contributed by atoms with van der Waals surface area (Å²) in [7, 11) is 0. The number of hydrogen-bond donors (Lipinski definition) is 2. The van der Waals surface area contributed by atoms with Gasteiger partial charge < -0.3 is 15.3 Å². The van der Waals surface area contributed by atoms with Crippen molar-refractivity contribution in [1.29, 1.82) is 0 Å². The molecule has 1 heterocycles. The Labute approximate surface area is 108 Å². The van der Waals surface area contributed by atoms with Gasteiger partial charge in [0.25, 0.3) is 0 Å². The highest BCUT2D eigenvalue weighted by atomic mass is 16.3. The minimum Gasteiger partial charge on any atom is -0.393 e. The first kappa shape index (κ1) is 12.9. The smallest absolute Gasteiger partial charge is 0.317 e. The van der Waals surface area contributed by atoms with Crippen molar-refractivity contribution in [2.24, 2.45) is 5.92 Å². The van der Waals surface area contributed by atoms with Crippen LogP contribution < -0.4 is 5.32 Å². The highest BCUT2D eigenvalue weighted by Gasteiger charge is 2.28. The number of carbonyl (C=O) groups excluding carboxylic acids is 1. The van der Waals surface area contributed by atoms with E-state index in [4.69, 9.17) is 0 Å². The second-order valence-electron chi connectivity index (χ2n) is 4.88. The average molecular weight is 248 g/mol. The van der Waals surface area contributed by atoms with Crippen molar-refractivity contribution in [3.05, 3.63) is 35.9 Å². The summed E-state index contributed by atoms with van der Waals surface area (Å²) in [6.45, 7) is 3.72. The third-order valence-corrected chi connectivity index (χ3v) is 3.48. The van der Waals surface area contributed by atoms with E-state index in [1.165, 1.54) is 0 Å². The maximum atomic E-state index is 11.9. The quantitative estimate of drug-likeness (QED) is 0.853. The molecule has 1 aromatic carbocycles. The molecule has 0 bridgehead atoms. The Morgan fingerprint density at radius 3 is 2.83 bits per heavy atom. The minimum absolute atomic E-state index is 0.0398. The number of likely N-dealkylation sites (tertiary alicyclic amines) is 1. The van der Waals surface area contributed by atoms with E-state index in [2.05, 4.69) is 5.32 Å². The molecule has 2 N–H and O–H groups in total. The number of hydrogen-bond acceptors (Lipinski definition) is 2. The van der Waals surface area contributed by atoms with Crippen LogP contribution >= 0.6 is 0 Å². The van der Waals surface area contributed by atoms with E-state index >= 15 is 0 Å². The van der Waals surface area contributed by atoms with Gasteiger partial charge in [0.15, 0.2) is 0 Å². The second kappa shape index (κ2) is 5.87. The van der Waals surface area contributed by atoms with Crippen LogP contribution in [0.3, 0.4) is 0 Å². The third-order valence-electron chi connectivity index (χ3n) is 3.48. The zero-order valence-electron chi connectivity index (χ0n) is 10.7. The molecule has 1 fully saturated rings. The molecule has 2 rings (SSSR count). The van der Waals surface area contributed by atoms with Gasteiger partial charge in [-0.25, -0.2) is 4.79 Å². The normalized spacial score (nSPS) is 20.8. The molecular formula is C14H20N2O2. The Kier molecular flexibility index (Phi) is 4.20. The third kappa shape index (κ3) is 3.23. The summed E-state index contributed by atoms with van der Waals surface area (Å²) in [5.41, 5.74) is 1.09. The van der Waals surface area contributed by atoms with E-state index in [0.29, 0.717) is 13.1 Å². The molecule has 1 aliphatic rings. The van der Waals surface area contributed by atoms with Gasteiger partial charge in [0.1, 0.15) is 0 Å². The van der Waals surface area contributed by atoms with Gasteiger partial charge in [-0.3, -0.25) is 0 Å². The number of amides is 2. The summed E-state index contributed by atoms with van der Waals surface area (Å²) >= 11 is 0. The van der Waals surface area contributed by atoms with Gasteiger partial charge in [-0.05, 0) is 18.9 Å². The van der Waals surface area contributed by atoms with E-state index in [0.717, 1.165) is 18.5 Å². The van der Waals surface area contributed by atoms with Gasteiger partial charge >= 0.3 is 6.03 Å². The molecule has 1 saturated heterocycles. The minimum atomic E-state index is -0.336. The summed E-state index contributed by atoms with van der Waals surface area (Å²) in [4.78, 5) is 13.7. The lowest BCUT2D eigenvalue weighted by Crippen LogP contribution is -2.38. The van der Waals surface area contributed by atoms with Crippen molar-refractivity contribution in [2.75, 3.05) is 13.1 Å². The Hall–Kier alpha value is -1.55. The predicted octanol–water partition coefficient (Wildman–Crippen LogP) is 1.60. The predicted molar refractivity (Wildman–Crippen MR) is 70.0 cm³/mol. The number of nitrogens with zero attached hydrogens (tertiary/aromatic N) is 1. The molecule has 1 aromatic rings. The molecule has 18 heavy (non-hydrogen) atoms. The topological polar surface area (TPSA) is 52.6 Å². The second-order valence-corrected chi connectivity index (χ2v) is 4.88. The molecule has 98 valence electrons. The zero-order valence-corrected chi connectivity index (χ0v) is 10.7. The SMILES string of the molecule is CC(O)C1CCN(C(=O)NCc2ccccc2)C1. The van der Waals surface area contributed by atoms with Crippen LogP contribution in [0.4, 0.5) is 4.79 Å². The number of benzene rings is 1. The summed E-state index contributed by atoms with van der Waals surface area (Å²) in [6.07, 6.45) is 0.549. The Bertz CT molecular complexity index is 392. The van der Waals surface area contributed by atoms with Crippen LogP contribution in [0, 0.1) is 5.92 Å². The molecule has 0 radical (unpaired) electrons. The maximum Gasteiger partial charge on any atom is 0.317 e. The van der Waals surface area contributed by atoms with Crippen LogP contribution in [0.2, 0.25) is 0 Å². The fraction of sp³-hybridized carbons (Fsp3) is 0.500. The van der Waals surface area contributed by atoms with Gasteiger partial charge in [-0.15, -0.1) is 0 Å². The number of rotatable bonds is 3. The van der Waals surface area contributed by atoms with E-state index in [1.807, 2.05) is 30.3 Å². The first-order valence-electron chi connectivity index (χ1n) is 6.41. The van der Waals surface area contributed by atoms with Crippen molar-refractivity contribution < 1.29 is 9.90 Å². The molecule has 2 amide bonds. The van der Waals surface area contributed by atoms with Crippen molar-refractivity contribution in [2.45, 2.75) is 26.0 Å². The Balaban J connectivity index is 1.79. The maximum absolute atomic E-state index is 11.9. The molecule has 4 heteroatoms. The molecular weight excluding hydrogens is 228 g/mol. The highest BCUT2D eigenvalue weighted by molar-refractivity contribution is 5.74. The van der Waals surface area contributed by atoms with Gasteiger partial charge in [-0.2, -0.15) is 0 Å². The van der Waals surface area contributed by atoms with Crippen LogP contribution in [0.5, 0.6) is 0 Å². The molecule has 0 saturated carbocycles. The lowest BCUT2D eigenvalue weighted by atomic mass is 10.0. The number of carbonyl (C=O) groups is 1. The largest absolute Gasteiger partial charge is 0.393 e. The lowest BCUT2D eigenvalue weighted by molar-refractivity contribution is 0.129. The van der Waals surface area contributed by atoms with E-state index in [1.54, 1.807) is 11.8 Å². The lowest BCUT2D eigenvalue weighted by Gasteiger charge is -2.18. The number of aliphatic hydroxyl groups excluding tert-OH is 1. The van der Waals surface area contributed by atoms with Gasteiger partial charge in [0, 0.05) is 25.6 Å². The van der Waals surface area contributed by atoms with Crippen molar-refractivity contribution >= 4 is 6.03 Å². The molecule has 0 spiro atoms. The fourth-order valence-electron chi connectivity index (χ4n) is 2.25. The zero-order chi connectivity index (χ0) is 13.0. The van der Waals surface area contributed by atoms with Crippen molar-refractivity contribution in [1.82, 2.24) is 10.2 Å². The first-order valence-corrected chi connectivity index (χ1v) is 6.41. The van der Waals surface area contributed by atoms with Crippen LogP contribution in [0.25, 0.3) is 0 Å². The standard InChI is InChI=1S/C14H20N2O2/c1-11(17)13-7-8-16(10-13)14(18)15-9-12-5-3-2-4-6-12/h2-6,11,13,17H,7-10H2,1H3,(H,15,18). The summed E-state index contributed by atoms with van der Waals surface area (Å²) in [5, 5.41) is 12.4. The number of aliphatic hydroxyl groups is 1. The monoisotopic (exact) mass is 248 g/mol. The van der Waals surface area contributed by atoms with Crippen LogP contribution in [-0.2, 0) is 6.54 Å². The van der Waals surface area contributed by atoms with Crippen LogP contribution in [-0.4, -0.2) is 35.2 Å². The van der Waals surface area contributed by atoms with E-state index < -0.39 is 0 Å². The van der Waals surface area contributed by atoms with Gasteiger partial charge in [0.05, 0.1) is 6.10 Å². The van der Waals surface area contributed by atoms with E-state index in [9.17, 15) is 9.90 Å². The van der Waals surface area contributed by atoms with E-state index in [-0.39, 0.29) is 18.1 Å². The fourth-order valence-corrected chi connectivity index (χ4v) is 2.25. The highest BCUT2D eigenvalue weighted by Crippen LogP contribution is 2.19. The van der Waals surface area contributed by atoms with Crippen LogP contribution in [0.15, 0.2) is 30.3 Å². The summed E-state index contributed by atoms with van der Waals surface area (Å²) < 4.78 is 0. The average Bonchev–Trinajstić information content (AvgIpc) is 2.87. The van der Waals surface area contributed by atoms with Crippen LogP contribution in [0.1, 0.15) is 18.9 Å². The first-order chi connectivity index (χ1) is 8.66. The van der Waals surface area contributed by atoms with Crippen molar-refractivity contribution in [3.63, 3.8) is 0 Å². The molecule has 4 nitrogen and oxygen atoms in total. The summed E-state index contributed by atoms with van der Waals surface area (Å²) in [5.74, 6) is 0.215. The number of nitrogens with one attached hydrogen (secondary N) is 1. The molecule has 0 aliphatic carbocycles. The molecule has 2 atom stereocenters. The Morgan fingerprint density at radius 2 is 2.22 bits per heavy atom. The van der Waals surface area contributed by atoms with Gasteiger partial charge in [-0.1, -0.05) is 30.3 Å². The molecule has 0 aromatic heterocycles. The Morgan fingerprint density at radius 1 is 1.50 bits per heavy atom.